The highest BCUT2D eigenvalue weighted by atomic mass is 32.2. The van der Waals surface area contributed by atoms with E-state index in [0.29, 0.717) is 11.3 Å². The Labute approximate surface area is 120 Å². The van der Waals surface area contributed by atoms with Crippen LogP contribution in [0.1, 0.15) is 30.5 Å². The minimum Gasteiger partial charge on any atom is -0.207 e. The zero-order chi connectivity index (χ0) is 14.6. The molecule has 0 bridgehead atoms. The predicted octanol–water partition coefficient (Wildman–Crippen LogP) is 3.42. The van der Waals surface area contributed by atoms with Gasteiger partial charge in [0.2, 0.25) is 10.0 Å². The Hall–Kier alpha value is -1.65. The molecule has 4 heteroatoms. The number of hydrogen-bond acceptors (Lipinski definition) is 2. The van der Waals surface area contributed by atoms with Crippen molar-refractivity contribution in [2.24, 2.45) is 0 Å². The van der Waals surface area contributed by atoms with Gasteiger partial charge in [-0.15, -0.1) is 0 Å². The van der Waals surface area contributed by atoms with Crippen LogP contribution >= 0.6 is 0 Å². The van der Waals surface area contributed by atoms with Crippen molar-refractivity contribution < 1.29 is 8.42 Å². The molecule has 2 aromatic carbocycles. The molecule has 2 aromatic rings. The maximum absolute atomic E-state index is 12.5. The van der Waals surface area contributed by atoms with Gasteiger partial charge < -0.3 is 0 Å². The molecule has 2 rings (SSSR count). The van der Waals surface area contributed by atoms with Crippen LogP contribution in [0, 0.1) is 6.92 Å². The average Bonchev–Trinajstić information content (AvgIpc) is 2.46. The van der Waals surface area contributed by atoms with Gasteiger partial charge >= 0.3 is 0 Å². The van der Waals surface area contributed by atoms with E-state index in [1.54, 1.807) is 25.1 Å². The van der Waals surface area contributed by atoms with Crippen molar-refractivity contribution in [3.05, 3.63) is 65.7 Å². The first-order valence-corrected chi connectivity index (χ1v) is 8.16. The lowest BCUT2D eigenvalue weighted by atomic mass is 10.1. The van der Waals surface area contributed by atoms with Gasteiger partial charge in [-0.1, -0.05) is 55.5 Å². The highest BCUT2D eigenvalue weighted by Gasteiger charge is 2.21. The number of hydrogen-bond donors (Lipinski definition) is 1. The van der Waals surface area contributed by atoms with Crippen LogP contribution in [0.5, 0.6) is 0 Å². The summed E-state index contributed by atoms with van der Waals surface area (Å²) in [7, 11) is -3.50. The third-order valence-electron chi connectivity index (χ3n) is 3.29. The number of aryl methyl sites for hydroxylation is 1. The molecule has 1 unspecified atom stereocenters. The highest BCUT2D eigenvalue weighted by molar-refractivity contribution is 7.89. The van der Waals surface area contributed by atoms with Gasteiger partial charge in [0, 0.05) is 6.04 Å². The predicted molar refractivity (Wildman–Crippen MR) is 81.0 cm³/mol. The van der Waals surface area contributed by atoms with Gasteiger partial charge in [-0.3, -0.25) is 0 Å². The Morgan fingerprint density at radius 3 is 2.20 bits per heavy atom. The van der Waals surface area contributed by atoms with E-state index >= 15 is 0 Å². The summed E-state index contributed by atoms with van der Waals surface area (Å²) < 4.78 is 27.8. The fourth-order valence-electron chi connectivity index (χ4n) is 2.18. The molecular formula is C16H19NO2S. The van der Waals surface area contributed by atoms with E-state index in [0.717, 1.165) is 11.1 Å². The van der Waals surface area contributed by atoms with Crippen molar-refractivity contribution in [2.45, 2.75) is 31.2 Å². The Balaban J connectivity index is 2.30. The Bertz CT molecular complexity index is 666. The molecule has 0 fully saturated rings. The van der Waals surface area contributed by atoms with Crippen LogP contribution in [0.25, 0.3) is 0 Å². The minimum absolute atomic E-state index is 0.208. The lowest BCUT2D eigenvalue weighted by molar-refractivity contribution is 0.549. The zero-order valence-electron chi connectivity index (χ0n) is 11.7. The molecule has 0 saturated carbocycles. The molecule has 20 heavy (non-hydrogen) atoms. The van der Waals surface area contributed by atoms with Gasteiger partial charge in [-0.25, -0.2) is 13.1 Å². The van der Waals surface area contributed by atoms with Crippen LogP contribution < -0.4 is 4.72 Å². The first kappa shape index (κ1) is 14.8. The standard InChI is InChI=1S/C16H19NO2S/c1-3-15(14-10-5-4-6-11-14)17-20(18,19)16-12-8-7-9-13(16)2/h4-12,15,17H,3H2,1-2H3. The molecule has 0 aromatic heterocycles. The van der Waals surface area contributed by atoms with Crippen LogP contribution in [0.15, 0.2) is 59.5 Å². The molecule has 0 amide bonds. The second kappa shape index (κ2) is 6.20. The molecule has 0 spiro atoms. The summed E-state index contributed by atoms with van der Waals surface area (Å²) in [5, 5.41) is 0. The monoisotopic (exact) mass is 289 g/mol. The molecule has 0 aliphatic rings. The van der Waals surface area contributed by atoms with E-state index in [9.17, 15) is 8.42 Å². The lowest BCUT2D eigenvalue weighted by Crippen LogP contribution is -2.28. The molecule has 1 atom stereocenters. The summed E-state index contributed by atoms with van der Waals surface area (Å²) in [4.78, 5) is 0.342. The fourth-order valence-corrected chi connectivity index (χ4v) is 3.74. The summed E-state index contributed by atoms with van der Waals surface area (Å²) in [5.74, 6) is 0. The van der Waals surface area contributed by atoms with E-state index in [2.05, 4.69) is 4.72 Å². The molecule has 0 radical (unpaired) electrons. The first-order valence-electron chi connectivity index (χ1n) is 6.67. The number of sulfonamides is 1. The smallest absolute Gasteiger partial charge is 0.207 e. The third-order valence-corrected chi connectivity index (χ3v) is 4.92. The lowest BCUT2D eigenvalue weighted by Gasteiger charge is -2.18. The topological polar surface area (TPSA) is 46.2 Å². The minimum atomic E-state index is -3.50. The maximum Gasteiger partial charge on any atom is 0.241 e. The maximum atomic E-state index is 12.5. The Morgan fingerprint density at radius 2 is 1.60 bits per heavy atom. The number of rotatable bonds is 5. The van der Waals surface area contributed by atoms with Crippen molar-refractivity contribution >= 4 is 10.0 Å². The summed E-state index contributed by atoms with van der Waals surface area (Å²) in [6.45, 7) is 3.77. The normalized spacial score (nSPS) is 13.1. The molecule has 0 heterocycles. The van der Waals surface area contributed by atoms with Crippen molar-refractivity contribution in [2.75, 3.05) is 0 Å². The SMILES string of the molecule is CCC(NS(=O)(=O)c1ccccc1C)c1ccccc1. The molecular weight excluding hydrogens is 270 g/mol. The van der Waals surface area contributed by atoms with Gasteiger partial charge in [0.15, 0.2) is 0 Å². The van der Waals surface area contributed by atoms with Crippen LogP contribution in [0.4, 0.5) is 0 Å². The van der Waals surface area contributed by atoms with Crippen molar-refractivity contribution in [3.63, 3.8) is 0 Å². The molecule has 0 aliphatic heterocycles. The second-order valence-electron chi connectivity index (χ2n) is 4.76. The van der Waals surface area contributed by atoms with Gasteiger partial charge in [0.05, 0.1) is 4.90 Å². The molecule has 3 nitrogen and oxygen atoms in total. The molecule has 106 valence electrons. The van der Waals surface area contributed by atoms with E-state index in [1.165, 1.54) is 0 Å². The van der Waals surface area contributed by atoms with Crippen molar-refractivity contribution in [1.82, 2.24) is 4.72 Å². The van der Waals surface area contributed by atoms with Crippen LogP contribution in [-0.4, -0.2) is 8.42 Å². The van der Waals surface area contributed by atoms with Crippen molar-refractivity contribution in [1.29, 1.82) is 0 Å². The first-order chi connectivity index (χ1) is 9.54. The zero-order valence-corrected chi connectivity index (χ0v) is 12.5. The van der Waals surface area contributed by atoms with Gasteiger partial charge in [0.1, 0.15) is 0 Å². The highest BCUT2D eigenvalue weighted by Crippen LogP contribution is 2.21. The van der Waals surface area contributed by atoms with Crippen LogP contribution in [0.3, 0.4) is 0 Å². The van der Waals surface area contributed by atoms with Gasteiger partial charge in [-0.2, -0.15) is 0 Å². The Morgan fingerprint density at radius 1 is 1.00 bits per heavy atom. The van der Waals surface area contributed by atoms with Crippen LogP contribution in [-0.2, 0) is 10.0 Å². The number of nitrogens with one attached hydrogen (secondary N) is 1. The van der Waals surface area contributed by atoms with Crippen LogP contribution in [0.2, 0.25) is 0 Å². The summed E-state index contributed by atoms with van der Waals surface area (Å²) in [6.07, 6.45) is 0.703. The molecule has 0 saturated heterocycles. The average molecular weight is 289 g/mol. The quantitative estimate of drug-likeness (QED) is 0.916. The van der Waals surface area contributed by atoms with E-state index in [-0.39, 0.29) is 6.04 Å². The van der Waals surface area contributed by atoms with E-state index < -0.39 is 10.0 Å². The van der Waals surface area contributed by atoms with Gasteiger partial charge in [0.25, 0.3) is 0 Å². The fraction of sp³-hybridized carbons (Fsp3) is 0.250. The second-order valence-corrected chi connectivity index (χ2v) is 6.44. The third kappa shape index (κ3) is 3.26. The van der Waals surface area contributed by atoms with Crippen molar-refractivity contribution in [3.8, 4) is 0 Å². The van der Waals surface area contributed by atoms with Gasteiger partial charge in [-0.05, 0) is 30.5 Å². The van der Waals surface area contributed by atoms with E-state index in [4.69, 9.17) is 0 Å². The summed E-state index contributed by atoms with van der Waals surface area (Å²) >= 11 is 0. The summed E-state index contributed by atoms with van der Waals surface area (Å²) in [6, 6.07) is 16.4. The molecule has 0 aliphatic carbocycles. The largest absolute Gasteiger partial charge is 0.241 e. The molecule has 1 N–H and O–H groups in total. The Kier molecular flexibility index (Phi) is 4.57. The van der Waals surface area contributed by atoms with E-state index in [1.807, 2.05) is 43.3 Å². The number of benzene rings is 2. The summed E-state index contributed by atoms with van der Waals surface area (Å²) in [5.41, 5.74) is 1.73.